The van der Waals surface area contributed by atoms with Gasteiger partial charge in [-0.25, -0.2) is 0 Å². The molecule has 0 aliphatic rings. The minimum atomic E-state index is 0.692. The van der Waals surface area contributed by atoms with Gasteiger partial charge in [0.2, 0.25) is 0 Å². The summed E-state index contributed by atoms with van der Waals surface area (Å²) < 4.78 is 7.56. The van der Waals surface area contributed by atoms with Crippen LogP contribution in [0.4, 0.5) is 0 Å². The SMILES string of the molecule is Clc1ccc(Oc2cnn(Cc3ccccc3)c2)cc1. The number of hydrogen-bond donors (Lipinski definition) is 0. The largest absolute Gasteiger partial charge is 0.454 e. The van der Waals surface area contributed by atoms with Gasteiger partial charge in [-0.15, -0.1) is 0 Å². The fraction of sp³-hybridized carbons (Fsp3) is 0.0625. The van der Waals surface area contributed by atoms with Crippen LogP contribution in [-0.4, -0.2) is 9.78 Å². The number of benzene rings is 2. The van der Waals surface area contributed by atoms with Crippen LogP contribution in [0.5, 0.6) is 11.5 Å². The van der Waals surface area contributed by atoms with Gasteiger partial charge in [0.1, 0.15) is 5.75 Å². The third kappa shape index (κ3) is 3.19. The molecule has 0 aliphatic carbocycles. The Balaban J connectivity index is 1.69. The van der Waals surface area contributed by atoms with E-state index in [0.29, 0.717) is 10.8 Å². The van der Waals surface area contributed by atoms with E-state index in [0.717, 1.165) is 12.3 Å². The van der Waals surface area contributed by atoms with E-state index in [1.165, 1.54) is 5.56 Å². The smallest absolute Gasteiger partial charge is 0.165 e. The molecule has 3 aromatic rings. The Morgan fingerprint density at radius 3 is 2.45 bits per heavy atom. The standard InChI is InChI=1S/C16H13ClN2O/c17-14-6-8-15(9-7-14)20-16-10-18-19(12-16)11-13-4-2-1-3-5-13/h1-10,12H,11H2. The van der Waals surface area contributed by atoms with Crippen molar-refractivity contribution in [3.8, 4) is 11.5 Å². The first-order chi connectivity index (χ1) is 9.79. The topological polar surface area (TPSA) is 27.1 Å². The van der Waals surface area contributed by atoms with Crippen LogP contribution in [0.3, 0.4) is 0 Å². The van der Waals surface area contributed by atoms with Crippen LogP contribution in [0.25, 0.3) is 0 Å². The van der Waals surface area contributed by atoms with Gasteiger partial charge in [-0.1, -0.05) is 41.9 Å². The van der Waals surface area contributed by atoms with Gasteiger partial charge in [0.15, 0.2) is 5.75 Å². The van der Waals surface area contributed by atoms with E-state index in [1.807, 2.05) is 41.2 Å². The highest BCUT2D eigenvalue weighted by Crippen LogP contribution is 2.22. The van der Waals surface area contributed by atoms with Crippen molar-refractivity contribution in [2.75, 3.05) is 0 Å². The third-order valence-electron chi connectivity index (χ3n) is 2.85. The van der Waals surface area contributed by atoms with Crippen LogP contribution in [0.2, 0.25) is 5.02 Å². The zero-order valence-electron chi connectivity index (χ0n) is 10.7. The second-order valence-corrected chi connectivity index (χ2v) is 4.85. The van der Waals surface area contributed by atoms with E-state index in [1.54, 1.807) is 18.3 Å². The maximum Gasteiger partial charge on any atom is 0.165 e. The van der Waals surface area contributed by atoms with E-state index in [-0.39, 0.29) is 0 Å². The van der Waals surface area contributed by atoms with Crippen molar-refractivity contribution in [2.24, 2.45) is 0 Å². The van der Waals surface area contributed by atoms with Crippen molar-refractivity contribution >= 4 is 11.6 Å². The molecule has 0 amide bonds. The molecule has 0 unspecified atom stereocenters. The number of rotatable bonds is 4. The predicted molar refractivity (Wildman–Crippen MR) is 79.3 cm³/mol. The molecule has 2 aromatic carbocycles. The Kier molecular flexibility index (Phi) is 3.70. The first-order valence-electron chi connectivity index (χ1n) is 6.29. The zero-order chi connectivity index (χ0) is 13.8. The Bertz CT molecular complexity index is 677. The van der Waals surface area contributed by atoms with Gasteiger partial charge in [-0.3, -0.25) is 4.68 Å². The average molecular weight is 285 g/mol. The molecule has 100 valence electrons. The Morgan fingerprint density at radius 1 is 0.950 bits per heavy atom. The van der Waals surface area contributed by atoms with E-state index >= 15 is 0 Å². The quantitative estimate of drug-likeness (QED) is 0.711. The monoisotopic (exact) mass is 284 g/mol. The summed E-state index contributed by atoms with van der Waals surface area (Å²) in [6, 6.07) is 17.4. The van der Waals surface area contributed by atoms with E-state index in [4.69, 9.17) is 16.3 Å². The predicted octanol–water partition coefficient (Wildman–Crippen LogP) is 4.38. The molecule has 0 saturated carbocycles. The van der Waals surface area contributed by atoms with Gasteiger partial charge >= 0.3 is 0 Å². The summed E-state index contributed by atoms with van der Waals surface area (Å²) in [4.78, 5) is 0. The summed E-state index contributed by atoms with van der Waals surface area (Å²) in [5.74, 6) is 1.46. The molecule has 0 saturated heterocycles. The molecule has 3 nitrogen and oxygen atoms in total. The van der Waals surface area contributed by atoms with E-state index in [9.17, 15) is 0 Å². The third-order valence-corrected chi connectivity index (χ3v) is 3.10. The summed E-state index contributed by atoms with van der Waals surface area (Å²) in [7, 11) is 0. The molecule has 0 fully saturated rings. The Hall–Kier alpha value is -2.26. The van der Waals surface area contributed by atoms with Crippen LogP contribution < -0.4 is 4.74 Å². The van der Waals surface area contributed by atoms with Crippen molar-refractivity contribution in [3.05, 3.63) is 77.6 Å². The lowest BCUT2D eigenvalue weighted by atomic mass is 10.2. The summed E-state index contributed by atoms with van der Waals surface area (Å²) in [5.41, 5.74) is 1.20. The first-order valence-corrected chi connectivity index (χ1v) is 6.67. The molecule has 1 aromatic heterocycles. The number of nitrogens with zero attached hydrogens (tertiary/aromatic N) is 2. The maximum atomic E-state index is 5.84. The second kappa shape index (κ2) is 5.80. The van der Waals surface area contributed by atoms with Crippen LogP contribution >= 0.6 is 11.6 Å². The molecule has 3 rings (SSSR count). The number of halogens is 1. The van der Waals surface area contributed by atoms with E-state index < -0.39 is 0 Å². The molecule has 0 bridgehead atoms. The molecular weight excluding hydrogens is 272 g/mol. The maximum absolute atomic E-state index is 5.84. The van der Waals surface area contributed by atoms with Gasteiger partial charge in [0, 0.05) is 5.02 Å². The van der Waals surface area contributed by atoms with Gasteiger partial charge in [0.05, 0.1) is 18.9 Å². The molecule has 0 atom stereocenters. The van der Waals surface area contributed by atoms with Crippen molar-refractivity contribution < 1.29 is 4.74 Å². The lowest BCUT2D eigenvalue weighted by Crippen LogP contribution is -1.99. The molecule has 4 heteroatoms. The van der Waals surface area contributed by atoms with Crippen LogP contribution in [0.15, 0.2) is 67.0 Å². The highest BCUT2D eigenvalue weighted by atomic mass is 35.5. The second-order valence-electron chi connectivity index (χ2n) is 4.42. The van der Waals surface area contributed by atoms with Crippen LogP contribution in [0.1, 0.15) is 5.56 Å². The summed E-state index contributed by atoms with van der Waals surface area (Å²) >= 11 is 5.84. The fourth-order valence-electron chi connectivity index (χ4n) is 1.89. The summed E-state index contributed by atoms with van der Waals surface area (Å²) in [5, 5.41) is 4.98. The molecule has 0 aliphatic heterocycles. The van der Waals surface area contributed by atoms with Crippen molar-refractivity contribution in [2.45, 2.75) is 6.54 Å². The highest BCUT2D eigenvalue weighted by Gasteiger charge is 2.02. The average Bonchev–Trinajstić information content (AvgIpc) is 2.90. The normalized spacial score (nSPS) is 10.4. The number of ether oxygens (including phenoxy) is 1. The molecule has 0 N–H and O–H groups in total. The van der Waals surface area contributed by atoms with Crippen LogP contribution in [0, 0.1) is 0 Å². The van der Waals surface area contributed by atoms with E-state index in [2.05, 4.69) is 17.2 Å². The fourth-order valence-corrected chi connectivity index (χ4v) is 2.02. The zero-order valence-corrected chi connectivity index (χ0v) is 11.5. The van der Waals surface area contributed by atoms with Crippen LogP contribution in [-0.2, 0) is 6.54 Å². The van der Waals surface area contributed by atoms with Crippen molar-refractivity contribution in [3.63, 3.8) is 0 Å². The Labute approximate surface area is 122 Å². The lowest BCUT2D eigenvalue weighted by molar-refractivity contribution is 0.481. The van der Waals surface area contributed by atoms with Gasteiger partial charge in [0.25, 0.3) is 0 Å². The molecule has 0 radical (unpaired) electrons. The van der Waals surface area contributed by atoms with Crippen molar-refractivity contribution in [1.29, 1.82) is 0 Å². The summed E-state index contributed by atoms with van der Waals surface area (Å²) in [6.45, 7) is 0.727. The number of hydrogen-bond acceptors (Lipinski definition) is 2. The molecular formula is C16H13ClN2O. The minimum absolute atomic E-state index is 0.692. The lowest BCUT2D eigenvalue weighted by Gasteiger charge is -2.02. The van der Waals surface area contributed by atoms with Crippen molar-refractivity contribution in [1.82, 2.24) is 9.78 Å². The van der Waals surface area contributed by atoms with Gasteiger partial charge < -0.3 is 4.74 Å². The minimum Gasteiger partial charge on any atom is -0.454 e. The summed E-state index contributed by atoms with van der Waals surface area (Å²) in [6.07, 6.45) is 3.58. The molecule has 20 heavy (non-hydrogen) atoms. The van der Waals surface area contributed by atoms with Gasteiger partial charge in [-0.05, 0) is 29.8 Å². The van der Waals surface area contributed by atoms with Gasteiger partial charge in [-0.2, -0.15) is 5.10 Å². The molecule has 0 spiro atoms. The Morgan fingerprint density at radius 2 is 1.70 bits per heavy atom. The molecule has 1 heterocycles. The number of aromatic nitrogens is 2. The first kappa shape index (κ1) is 12.8. The highest BCUT2D eigenvalue weighted by molar-refractivity contribution is 6.30.